The Labute approximate surface area is 157 Å². The fourth-order valence-electron chi connectivity index (χ4n) is 2.38. The van der Waals surface area contributed by atoms with Crippen LogP contribution in [0.15, 0.2) is 41.3 Å². The van der Waals surface area contributed by atoms with Gasteiger partial charge in [0.15, 0.2) is 0 Å². The molecule has 0 amide bonds. The van der Waals surface area contributed by atoms with Gasteiger partial charge in [-0.15, -0.1) is 0 Å². The van der Waals surface area contributed by atoms with E-state index in [0.717, 1.165) is 27.6 Å². The zero-order valence-electron chi connectivity index (χ0n) is 14.2. The Bertz CT molecular complexity index is 997. The number of sulfonamides is 1. The molecule has 0 aliphatic rings. The number of nitrogens with zero attached hydrogens (tertiary/aromatic N) is 2. The van der Waals surface area contributed by atoms with Gasteiger partial charge in [-0.05, 0) is 55.3 Å². The Morgan fingerprint density at radius 3 is 2.42 bits per heavy atom. The molecule has 2 aromatic rings. The highest BCUT2D eigenvalue weighted by Crippen LogP contribution is 2.28. The van der Waals surface area contributed by atoms with Crippen molar-refractivity contribution in [2.75, 3.05) is 10.8 Å². The zero-order valence-corrected chi connectivity index (χ0v) is 15.8. The van der Waals surface area contributed by atoms with Crippen LogP contribution in [0.2, 0.25) is 5.02 Å². The van der Waals surface area contributed by atoms with E-state index in [0.29, 0.717) is 5.69 Å². The number of carbonyl (C=O) groups is 1. The molecule has 26 heavy (non-hydrogen) atoms. The molecule has 0 bridgehead atoms. The number of benzene rings is 2. The number of hydrogen-bond acceptors (Lipinski definition) is 4. The first kappa shape index (κ1) is 19.8. The van der Waals surface area contributed by atoms with Crippen LogP contribution < -0.4 is 4.31 Å². The van der Waals surface area contributed by atoms with Crippen molar-refractivity contribution in [1.29, 1.82) is 5.26 Å². The van der Waals surface area contributed by atoms with Crippen LogP contribution >= 0.6 is 11.6 Å². The molecule has 0 aromatic heterocycles. The number of carboxylic acid groups (broad SMARTS) is 1. The van der Waals surface area contributed by atoms with Crippen LogP contribution in [-0.2, 0) is 10.0 Å². The Kier molecular flexibility index (Phi) is 5.90. The number of rotatable bonds is 6. The molecule has 0 radical (unpaired) electrons. The van der Waals surface area contributed by atoms with Gasteiger partial charge in [0.2, 0.25) is 0 Å². The van der Waals surface area contributed by atoms with Crippen molar-refractivity contribution >= 4 is 33.3 Å². The quantitative estimate of drug-likeness (QED) is 0.806. The molecule has 1 N–H and O–H groups in total. The third-order valence-electron chi connectivity index (χ3n) is 3.96. The standard InChI is InChI=1S/C18H17ClN2O4S/c1-12-4-5-14(10-13(12)2)21(9-3-8-20)26(24,25)15-6-7-16(18(22)23)17(19)11-15/h4-7,10-11H,3,9H2,1-2H3,(H,22,23). The lowest BCUT2D eigenvalue weighted by Gasteiger charge is -2.24. The second-order valence-corrected chi connectivity index (χ2v) is 7.97. The van der Waals surface area contributed by atoms with Crippen molar-refractivity contribution in [3.05, 3.63) is 58.1 Å². The van der Waals surface area contributed by atoms with Crippen LogP contribution in [0.5, 0.6) is 0 Å². The Balaban J connectivity index is 2.55. The summed E-state index contributed by atoms with van der Waals surface area (Å²) in [5.74, 6) is -1.24. The van der Waals surface area contributed by atoms with Crippen LogP contribution in [0.3, 0.4) is 0 Å². The largest absolute Gasteiger partial charge is 0.478 e. The predicted octanol–water partition coefficient (Wildman–Crippen LogP) is 3.76. The van der Waals surface area contributed by atoms with Crippen LogP contribution in [0.1, 0.15) is 27.9 Å². The maximum absolute atomic E-state index is 13.1. The van der Waals surface area contributed by atoms with Crippen LogP contribution in [-0.4, -0.2) is 26.0 Å². The van der Waals surface area contributed by atoms with E-state index in [4.69, 9.17) is 22.0 Å². The number of anilines is 1. The molecule has 0 heterocycles. The summed E-state index contributed by atoms with van der Waals surface area (Å²) in [4.78, 5) is 10.9. The van der Waals surface area contributed by atoms with Crippen molar-refractivity contribution in [3.63, 3.8) is 0 Å². The first-order chi connectivity index (χ1) is 12.2. The topological polar surface area (TPSA) is 98.5 Å². The number of halogens is 1. The molecule has 0 spiro atoms. The minimum Gasteiger partial charge on any atom is -0.478 e. The van der Waals surface area contributed by atoms with Gasteiger partial charge in [0.25, 0.3) is 10.0 Å². The molecule has 0 aliphatic heterocycles. The van der Waals surface area contributed by atoms with Crippen molar-refractivity contribution in [2.24, 2.45) is 0 Å². The van der Waals surface area contributed by atoms with Crippen LogP contribution in [0.25, 0.3) is 0 Å². The van der Waals surface area contributed by atoms with Gasteiger partial charge < -0.3 is 5.11 Å². The number of hydrogen-bond donors (Lipinski definition) is 1. The zero-order chi connectivity index (χ0) is 19.5. The van der Waals surface area contributed by atoms with Crippen molar-refractivity contribution < 1.29 is 18.3 Å². The van der Waals surface area contributed by atoms with Gasteiger partial charge in [0.05, 0.1) is 33.7 Å². The Morgan fingerprint density at radius 1 is 1.19 bits per heavy atom. The van der Waals surface area contributed by atoms with Crippen LogP contribution in [0.4, 0.5) is 5.69 Å². The normalized spacial score (nSPS) is 11.0. The average molecular weight is 393 g/mol. The maximum atomic E-state index is 13.1. The van der Waals surface area contributed by atoms with Gasteiger partial charge >= 0.3 is 5.97 Å². The number of nitriles is 1. The Hall–Kier alpha value is -2.56. The van der Waals surface area contributed by atoms with E-state index in [9.17, 15) is 13.2 Å². The lowest BCUT2D eigenvalue weighted by atomic mass is 10.1. The molecule has 0 aliphatic carbocycles. The first-order valence-corrected chi connectivity index (χ1v) is 9.50. The summed E-state index contributed by atoms with van der Waals surface area (Å²) in [7, 11) is -4.02. The fraction of sp³-hybridized carbons (Fsp3) is 0.222. The van der Waals surface area contributed by atoms with Gasteiger partial charge in [-0.1, -0.05) is 17.7 Å². The van der Waals surface area contributed by atoms with E-state index >= 15 is 0 Å². The lowest BCUT2D eigenvalue weighted by molar-refractivity contribution is 0.0697. The molecule has 2 rings (SSSR count). The van der Waals surface area contributed by atoms with Crippen LogP contribution in [0, 0.1) is 25.2 Å². The average Bonchev–Trinajstić information content (AvgIpc) is 2.57. The lowest BCUT2D eigenvalue weighted by Crippen LogP contribution is -2.32. The summed E-state index contributed by atoms with van der Waals surface area (Å²) in [5, 5.41) is 17.8. The summed E-state index contributed by atoms with van der Waals surface area (Å²) in [6.07, 6.45) is 0.00704. The highest BCUT2D eigenvalue weighted by Gasteiger charge is 2.26. The minimum absolute atomic E-state index is 0.00704. The van der Waals surface area contributed by atoms with Crippen molar-refractivity contribution in [3.8, 4) is 6.07 Å². The number of aromatic carboxylic acids is 1. The highest BCUT2D eigenvalue weighted by atomic mass is 35.5. The van der Waals surface area contributed by atoms with E-state index < -0.39 is 16.0 Å². The molecule has 2 aromatic carbocycles. The summed E-state index contributed by atoms with van der Waals surface area (Å²) in [5.41, 5.74) is 2.18. The second kappa shape index (κ2) is 7.77. The summed E-state index contributed by atoms with van der Waals surface area (Å²) < 4.78 is 27.3. The maximum Gasteiger partial charge on any atom is 0.337 e. The molecule has 136 valence electrons. The van der Waals surface area contributed by atoms with Gasteiger partial charge in [0, 0.05) is 6.54 Å². The summed E-state index contributed by atoms with van der Waals surface area (Å²) >= 11 is 5.92. The smallest absolute Gasteiger partial charge is 0.337 e. The van der Waals surface area contributed by atoms with E-state index in [1.54, 1.807) is 18.2 Å². The molecule has 6 nitrogen and oxygen atoms in total. The third-order valence-corrected chi connectivity index (χ3v) is 6.10. The Morgan fingerprint density at radius 2 is 1.88 bits per heavy atom. The van der Waals surface area contributed by atoms with Gasteiger partial charge in [-0.2, -0.15) is 5.26 Å². The molecule has 0 saturated carbocycles. The SMILES string of the molecule is Cc1ccc(N(CCC#N)S(=O)(=O)c2ccc(C(=O)O)c(Cl)c2)cc1C. The molecule has 8 heteroatoms. The van der Waals surface area contributed by atoms with Gasteiger partial charge in [0.1, 0.15) is 0 Å². The molecule has 0 atom stereocenters. The second-order valence-electron chi connectivity index (χ2n) is 5.70. The van der Waals surface area contributed by atoms with Crippen molar-refractivity contribution in [2.45, 2.75) is 25.2 Å². The molecule has 0 fully saturated rings. The monoisotopic (exact) mass is 392 g/mol. The molecular formula is C18H17ClN2O4S. The number of carboxylic acids is 1. The van der Waals surface area contributed by atoms with E-state index in [1.807, 2.05) is 19.9 Å². The van der Waals surface area contributed by atoms with E-state index in [2.05, 4.69) is 0 Å². The van der Waals surface area contributed by atoms with Gasteiger partial charge in [-0.3, -0.25) is 4.31 Å². The fourth-order valence-corrected chi connectivity index (χ4v) is 4.19. The molecule has 0 unspecified atom stereocenters. The predicted molar refractivity (Wildman–Crippen MR) is 99.1 cm³/mol. The van der Waals surface area contributed by atoms with Crippen molar-refractivity contribution in [1.82, 2.24) is 0 Å². The molecule has 0 saturated heterocycles. The molecular weight excluding hydrogens is 376 g/mol. The summed E-state index contributed by atoms with van der Waals surface area (Å²) in [6, 6.07) is 10.6. The third kappa shape index (κ3) is 3.98. The minimum atomic E-state index is -4.02. The van der Waals surface area contributed by atoms with Gasteiger partial charge in [-0.25, -0.2) is 13.2 Å². The van der Waals surface area contributed by atoms with E-state index in [1.165, 1.54) is 6.07 Å². The highest BCUT2D eigenvalue weighted by molar-refractivity contribution is 7.92. The first-order valence-electron chi connectivity index (χ1n) is 7.68. The van der Waals surface area contributed by atoms with E-state index in [-0.39, 0.29) is 28.4 Å². The number of aryl methyl sites for hydroxylation is 2. The summed E-state index contributed by atoms with van der Waals surface area (Å²) in [6.45, 7) is 3.75.